The quantitative estimate of drug-likeness (QED) is 0.752. The second-order valence-electron chi connectivity index (χ2n) is 5.58. The Morgan fingerprint density at radius 3 is 2.44 bits per heavy atom. The number of furan rings is 1. The molecule has 0 amide bonds. The van der Waals surface area contributed by atoms with Gasteiger partial charge in [0.05, 0.1) is 7.11 Å². The van der Waals surface area contributed by atoms with Crippen LogP contribution in [0.2, 0.25) is 0 Å². The van der Waals surface area contributed by atoms with Gasteiger partial charge in [-0.2, -0.15) is 0 Å². The molecule has 2 aromatic rings. The molecule has 0 aliphatic carbocycles. The van der Waals surface area contributed by atoms with Gasteiger partial charge in [-0.3, -0.25) is 4.79 Å². The second-order valence-corrected chi connectivity index (χ2v) is 5.58. The van der Waals surface area contributed by atoms with Gasteiger partial charge in [-0.15, -0.1) is 0 Å². The van der Waals surface area contributed by atoms with Crippen LogP contribution in [0.4, 0.5) is 0 Å². The number of hydrogen-bond donors (Lipinski definition) is 0. The van der Waals surface area contributed by atoms with Crippen molar-refractivity contribution >= 4 is 16.8 Å². The van der Waals surface area contributed by atoms with Gasteiger partial charge in [-0.25, -0.2) is 0 Å². The van der Waals surface area contributed by atoms with E-state index in [0.29, 0.717) is 17.1 Å². The molecule has 0 unspecified atom stereocenters. The molecule has 0 N–H and O–H groups in total. The van der Waals surface area contributed by atoms with Crippen molar-refractivity contribution in [2.24, 2.45) is 5.41 Å². The first-order chi connectivity index (χ1) is 8.32. The van der Waals surface area contributed by atoms with Crippen LogP contribution in [0.5, 0.6) is 5.75 Å². The highest BCUT2D eigenvalue weighted by Gasteiger charge is 2.26. The van der Waals surface area contributed by atoms with Crippen molar-refractivity contribution in [3.63, 3.8) is 0 Å². The Labute approximate surface area is 107 Å². The molecule has 0 saturated carbocycles. The zero-order valence-electron chi connectivity index (χ0n) is 11.5. The molecular weight excluding hydrogens is 228 g/mol. The molecule has 0 aliphatic heterocycles. The number of carbonyl (C=O) groups is 1. The van der Waals surface area contributed by atoms with Crippen molar-refractivity contribution in [2.75, 3.05) is 7.11 Å². The number of rotatable bonds is 2. The average molecular weight is 246 g/mol. The Hall–Kier alpha value is -1.77. The third kappa shape index (κ3) is 2.13. The molecule has 1 aromatic heterocycles. The molecule has 0 fully saturated rings. The summed E-state index contributed by atoms with van der Waals surface area (Å²) < 4.78 is 10.9. The highest BCUT2D eigenvalue weighted by Crippen LogP contribution is 2.32. The first-order valence-corrected chi connectivity index (χ1v) is 5.96. The maximum absolute atomic E-state index is 12.2. The van der Waals surface area contributed by atoms with Crippen molar-refractivity contribution in [1.29, 1.82) is 0 Å². The van der Waals surface area contributed by atoms with Crippen LogP contribution in [-0.2, 0) is 0 Å². The molecule has 3 heteroatoms. The summed E-state index contributed by atoms with van der Waals surface area (Å²) in [6.45, 7) is 7.63. The van der Waals surface area contributed by atoms with E-state index in [4.69, 9.17) is 9.15 Å². The van der Waals surface area contributed by atoms with Gasteiger partial charge in [0.25, 0.3) is 0 Å². The normalized spacial score (nSPS) is 11.8. The Balaban J connectivity index is 2.61. The third-order valence-electron chi connectivity index (χ3n) is 2.85. The Morgan fingerprint density at radius 2 is 1.89 bits per heavy atom. The minimum absolute atomic E-state index is 0.00148. The number of aryl methyl sites for hydroxylation is 1. The molecular formula is C15H18O3. The van der Waals surface area contributed by atoms with Gasteiger partial charge < -0.3 is 9.15 Å². The number of hydrogen-bond acceptors (Lipinski definition) is 3. The summed E-state index contributed by atoms with van der Waals surface area (Å²) in [6, 6.07) is 5.68. The Morgan fingerprint density at radius 1 is 1.22 bits per heavy atom. The number of benzene rings is 1. The number of fused-ring (bicyclic) bond motifs is 1. The van der Waals surface area contributed by atoms with Gasteiger partial charge in [-0.05, 0) is 30.7 Å². The van der Waals surface area contributed by atoms with Crippen LogP contribution >= 0.6 is 0 Å². The fourth-order valence-corrected chi connectivity index (χ4v) is 1.90. The summed E-state index contributed by atoms with van der Waals surface area (Å²) in [6.07, 6.45) is 0. The van der Waals surface area contributed by atoms with Crippen molar-refractivity contribution in [1.82, 2.24) is 0 Å². The smallest absolute Gasteiger partial charge is 0.203 e. The maximum Gasteiger partial charge on any atom is 0.203 e. The predicted molar refractivity (Wildman–Crippen MR) is 71.3 cm³/mol. The lowest BCUT2D eigenvalue weighted by atomic mass is 9.89. The van der Waals surface area contributed by atoms with E-state index in [2.05, 4.69) is 0 Å². The fraction of sp³-hybridized carbons (Fsp3) is 0.400. The van der Waals surface area contributed by atoms with Gasteiger partial charge in [-0.1, -0.05) is 20.8 Å². The molecule has 1 aromatic carbocycles. The highest BCUT2D eigenvalue weighted by atomic mass is 16.5. The van der Waals surface area contributed by atoms with E-state index >= 15 is 0 Å². The molecule has 0 spiro atoms. The number of ether oxygens (including phenoxy) is 1. The molecule has 0 saturated heterocycles. The van der Waals surface area contributed by atoms with E-state index in [1.165, 1.54) is 0 Å². The molecule has 0 aliphatic rings. The van der Waals surface area contributed by atoms with E-state index < -0.39 is 5.41 Å². The van der Waals surface area contributed by atoms with E-state index in [0.717, 1.165) is 10.9 Å². The van der Waals surface area contributed by atoms with Crippen LogP contribution in [0.1, 0.15) is 36.9 Å². The molecule has 18 heavy (non-hydrogen) atoms. The van der Waals surface area contributed by atoms with Crippen LogP contribution in [0.15, 0.2) is 22.6 Å². The van der Waals surface area contributed by atoms with Crippen LogP contribution < -0.4 is 4.74 Å². The SMILES string of the molecule is COc1cc(C)cc2cc(C(=O)C(C)(C)C)oc12. The minimum Gasteiger partial charge on any atom is -0.493 e. The summed E-state index contributed by atoms with van der Waals surface area (Å²) in [5, 5.41) is 0.902. The zero-order chi connectivity index (χ0) is 13.5. The minimum atomic E-state index is -0.448. The van der Waals surface area contributed by atoms with E-state index in [1.807, 2.05) is 39.8 Å². The monoisotopic (exact) mass is 246 g/mol. The predicted octanol–water partition coefficient (Wildman–Crippen LogP) is 3.98. The maximum atomic E-state index is 12.2. The van der Waals surface area contributed by atoms with Gasteiger partial charge in [0.2, 0.25) is 5.78 Å². The van der Waals surface area contributed by atoms with Crippen LogP contribution in [0, 0.1) is 12.3 Å². The highest BCUT2D eigenvalue weighted by molar-refractivity contribution is 6.01. The number of methoxy groups -OCH3 is 1. The molecule has 1 heterocycles. The Bertz CT molecular complexity index is 600. The summed E-state index contributed by atoms with van der Waals surface area (Å²) in [5.41, 5.74) is 1.27. The largest absolute Gasteiger partial charge is 0.493 e. The van der Waals surface area contributed by atoms with E-state index in [-0.39, 0.29) is 5.78 Å². The van der Waals surface area contributed by atoms with Crippen molar-refractivity contribution < 1.29 is 13.9 Å². The number of ketones is 1. The lowest BCUT2D eigenvalue weighted by Gasteiger charge is -2.13. The fourth-order valence-electron chi connectivity index (χ4n) is 1.90. The van der Waals surface area contributed by atoms with Crippen LogP contribution in [-0.4, -0.2) is 12.9 Å². The summed E-state index contributed by atoms with van der Waals surface area (Å²) in [7, 11) is 1.60. The zero-order valence-corrected chi connectivity index (χ0v) is 11.5. The van der Waals surface area contributed by atoms with Gasteiger partial charge in [0.1, 0.15) is 0 Å². The molecule has 2 rings (SSSR count). The molecule has 96 valence electrons. The average Bonchev–Trinajstić information content (AvgIpc) is 2.68. The molecule has 0 radical (unpaired) electrons. The lowest BCUT2D eigenvalue weighted by Crippen LogP contribution is -2.19. The molecule has 0 bridgehead atoms. The summed E-state index contributed by atoms with van der Waals surface area (Å²) in [5.74, 6) is 1.05. The molecule has 0 atom stereocenters. The number of carbonyl (C=O) groups excluding carboxylic acids is 1. The van der Waals surface area contributed by atoms with Gasteiger partial charge >= 0.3 is 0 Å². The van der Waals surface area contributed by atoms with E-state index in [1.54, 1.807) is 13.2 Å². The first-order valence-electron chi connectivity index (χ1n) is 5.96. The van der Waals surface area contributed by atoms with Crippen molar-refractivity contribution in [3.8, 4) is 5.75 Å². The number of Topliss-reactive ketones (excluding diaryl/α,β-unsaturated/α-hetero) is 1. The van der Waals surface area contributed by atoms with Crippen molar-refractivity contribution in [3.05, 3.63) is 29.5 Å². The van der Waals surface area contributed by atoms with Crippen LogP contribution in [0.25, 0.3) is 11.0 Å². The third-order valence-corrected chi connectivity index (χ3v) is 2.85. The van der Waals surface area contributed by atoms with Crippen molar-refractivity contribution in [2.45, 2.75) is 27.7 Å². The van der Waals surface area contributed by atoms with Crippen LogP contribution in [0.3, 0.4) is 0 Å². The topological polar surface area (TPSA) is 39.4 Å². The van der Waals surface area contributed by atoms with Gasteiger partial charge in [0.15, 0.2) is 17.1 Å². The molecule has 3 nitrogen and oxygen atoms in total. The Kier molecular flexibility index (Phi) is 2.93. The lowest BCUT2D eigenvalue weighted by molar-refractivity contribution is 0.0830. The summed E-state index contributed by atoms with van der Waals surface area (Å²) >= 11 is 0. The van der Waals surface area contributed by atoms with Gasteiger partial charge in [0, 0.05) is 10.8 Å². The second kappa shape index (κ2) is 4.16. The first kappa shape index (κ1) is 12.7. The standard InChI is InChI=1S/C15H18O3/c1-9-6-10-8-12(14(16)15(2,3)4)18-13(10)11(7-9)17-5/h6-8H,1-5H3. The summed E-state index contributed by atoms with van der Waals surface area (Å²) in [4.78, 5) is 12.2. The van der Waals surface area contributed by atoms with E-state index in [9.17, 15) is 4.79 Å².